The van der Waals surface area contributed by atoms with E-state index in [1.54, 1.807) is 0 Å². The van der Waals surface area contributed by atoms with E-state index < -0.39 is 0 Å². The third-order valence-corrected chi connectivity index (χ3v) is 11.6. The highest BCUT2D eigenvalue weighted by atomic mass is 16.2. The number of hydrogen-bond donors (Lipinski definition) is 2. The minimum absolute atomic E-state index is 0.0361. The zero-order valence-corrected chi connectivity index (χ0v) is 30.5. The van der Waals surface area contributed by atoms with Gasteiger partial charge in [0, 0.05) is 52.6 Å². The number of amides is 2. The number of carbonyl (C=O) groups is 1. The summed E-state index contributed by atoms with van der Waals surface area (Å²) in [5.41, 5.74) is 6.61. The Kier molecular flexibility index (Phi) is 11.6. The lowest BCUT2D eigenvalue weighted by Crippen LogP contribution is -2.53. The number of nitriles is 2. The van der Waals surface area contributed by atoms with Gasteiger partial charge in [0.05, 0.1) is 34.7 Å². The second-order valence-corrected chi connectivity index (χ2v) is 14.9. The number of rotatable bonds is 8. The van der Waals surface area contributed by atoms with E-state index in [0.29, 0.717) is 40.7 Å². The number of nitrogens with one attached hydrogen (secondary N) is 2. The predicted octanol–water partition coefficient (Wildman–Crippen LogP) is 9.68. The lowest BCUT2D eigenvalue weighted by molar-refractivity contribution is 0.156. The van der Waals surface area contributed by atoms with Crippen LogP contribution in [0.3, 0.4) is 0 Å². The molecule has 0 aliphatic heterocycles. The largest absolute Gasteiger partial charge is 0.335 e. The number of allylic oxidation sites excluding steroid dienone is 1. The van der Waals surface area contributed by atoms with Crippen LogP contribution in [0.15, 0.2) is 97.3 Å². The average Bonchev–Trinajstić information content (AvgIpc) is 3.17. The summed E-state index contributed by atoms with van der Waals surface area (Å²) in [7, 11) is 0. The fourth-order valence-corrected chi connectivity index (χ4v) is 8.04. The van der Waals surface area contributed by atoms with Crippen LogP contribution >= 0.6 is 0 Å². The van der Waals surface area contributed by atoms with E-state index in [1.165, 1.54) is 0 Å². The first-order chi connectivity index (χ1) is 25.2. The number of aromatic nitrogens is 2. The summed E-state index contributed by atoms with van der Waals surface area (Å²) >= 11 is 0. The fraction of sp³-hybridized carbons (Fsp3) is 0.356. The summed E-state index contributed by atoms with van der Waals surface area (Å²) in [6.07, 6.45) is 16.1. The minimum atomic E-state index is -0.0897. The van der Waals surface area contributed by atoms with E-state index in [2.05, 4.69) is 84.7 Å². The van der Waals surface area contributed by atoms with Crippen LogP contribution in [-0.4, -0.2) is 28.1 Å². The monoisotopic (exact) mass is 688 g/mol. The van der Waals surface area contributed by atoms with Gasteiger partial charge in [0.1, 0.15) is 0 Å². The molecule has 0 bridgehead atoms. The average molecular weight is 689 g/mol. The van der Waals surface area contributed by atoms with Crippen molar-refractivity contribution in [1.29, 1.82) is 10.5 Å². The molecule has 2 fully saturated rings. The van der Waals surface area contributed by atoms with Gasteiger partial charge in [-0.05, 0) is 91.7 Å². The summed E-state index contributed by atoms with van der Waals surface area (Å²) in [5, 5.41) is 25.7. The Morgan fingerprint density at radius 2 is 1.27 bits per heavy atom. The van der Waals surface area contributed by atoms with Crippen LogP contribution in [0.4, 0.5) is 4.79 Å². The molecule has 4 aromatic rings. The first kappa shape index (κ1) is 36.3. The van der Waals surface area contributed by atoms with Gasteiger partial charge < -0.3 is 10.6 Å². The first-order valence-electron chi connectivity index (χ1n) is 18.6. The van der Waals surface area contributed by atoms with Crippen molar-refractivity contribution in [2.75, 3.05) is 0 Å². The number of carbonyl (C=O) groups excluding carboxylic acids is 1. The highest BCUT2D eigenvalue weighted by Gasteiger charge is 2.36. The van der Waals surface area contributed by atoms with Gasteiger partial charge in [0.25, 0.3) is 0 Å². The highest BCUT2D eigenvalue weighted by molar-refractivity contribution is 5.75. The molecule has 7 heteroatoms. The Morgan fingerprint density at radius 1 is 0.692 bits per heavy atom. The smallest absolute Gasteiger partial charge is 0.315 e. The summed E-state index contributed by atoms with van der Waals surface area (Å²) in [6.45, 7) is 9.18. The summed E-state index contributed by atoms with van der Waals surface area (Å²) in [6, 6.07) is 27.7. The van der Waals surface area contributed by atoms with Gasteiger partial charge in [-0.25, -0.2) is 4.79 Å². The Balaban J connectivity index is 1.08. The van der Waals surface area contributed by atoms with Crippen molar-refractivity contribution in [2.45, 2.75) is 65.5 Å². The third-order valence-electron chi connectivity index (χ3n) is 11.6. The van der Waals surface area contributed by atoms with Crippen molar-refractivity contribution in [3.63, 3.8) is 0 Å². The van der Waals surface area contributed by atoms with E-state index in [-0.39, 0.29) is 24.0 Å². The van der Waals surface area contributed by atoms with Crippen molar-refractivity contribution in [2.24, 2.45) is 35.5 Å². The maximum absolute atomic E-state index is 13.6. The molecule has 2 heterocycles. The van der Waals surface area contributed by atoms with Crippen molar-refractivity contribution in [3.8, 4) is 34.4 Å². The number of hydrogen-bond acceptors (Lipinski definition) is 5. The topological polar surface area (TPSA) is 114 Å². The Hall–Kier alpha value is -5.53. The summed E-state index contributed by atoms with van der Waals surface area (Å²) in [4.78, 5) is 22.9. The summed E-state index contributed by atoms with van der Waals surface area (Å²) in [5.74, 6) is 2.41. The van der Waals surface area contributed by atoms with Gasteiger partial charge in [0.15, 0.2) is 0 Å². The molecule has 0 radical (unpaired) electrons. The Bertz CT molecular complexity index is 1990. The molecule has 6 rings (SSSR count). The fourth-order valence-electron chi connectivity index (χ4n) is 8.04. The molecule has 0 spiro atoms. The normalized spacial score (nSPS) is 26.0. The molecule has 2 aromatic heterocycles. The number of pyridine rings is 2. The number of nitrogens with zero attached hydrogens (tertiary/aromatic N) is 4. The molecule has 2 amide bonds. The molecule has 2 aliphatic carbocycles. The van der Waals surface area contributed by atoms with Crippen LogP contribution in [0.1, 0.15) is 75.9 Å². The zero-order valence-electron chi connectivity index (χ0n) is 30.5. The van der Waals surface area contributed by atoms with E-state index in [1.807, 2.05) is 85.2 Å². The SMILES string of the molecule is C[C@H]1[C@H](/C=C/c2ccc(-c3ccccc3C#N)cn2)[C@H](NC(=O)NC2C[C@@H](/C=C/c3ccc(-c4ccccc4C#N)cn3)[C@H](C)[C@@H](C)C2)CC[C@@H]1C. The van der Waals surface area contributed by atoms with Crippen molar-refractivity contribution >= 4 is 18.2 Å². The molecule has 0 saturated heterocycles. The number of urea groups is 1. The predicted molar refractivity (Wildman–Crippen MR) is 208 cm³/mol. The molecular formula is C45H48N6O. The van der Waals surface area contributed by atoms with E-state index in [4.69, 9.17) is 0 Å². The first-order valence-corrected chi connectivity index (χ1v) is 18.6. The Labute approximate surface area is 308 Å². The standard InChI is InChI=1S/C45H48N6O/c1-29-13-22-44(41(32(29)4)21-20-39-19-16-37(28-49-39)43-12-8-6-10-35(43)26-47)51-45(52)50-40-23-30(2)31(3)33(24-40)14-17-38-18-15-36(27-48-38)42-11-7-5-9-34(42)25-46/h5-12,14-21,27-33,40-41,44H,13,22-24H2,1-4H3,(H2,50,51,52)/b17-14+,21-20+/t29-,30-,31+,32+,33+,40?,41-,44+/m0/s1. The molecule has 8 atom stereocenters. The van der Waals surface area contributed by atoms with E-state index in [9.17, 15) is 15.3 Å². The molecule has 264 valence electrons. The van der Waals surface area contributed by atoms with Crippen LogP contribution in [-0.2, 0) is 0 Å². The lowest BCUT2D eigenvalue weighted by atomic mass is 9.70. The lowest BCUT2D eigenvalue weighted by Gasteiger charge is -2.40. The molecule has 2 aromatic carbocycles. The van der Waals surface area contributed by atoms with Crippen LogP contribution < -0.4 is 10.6 Å². The quantitative estimate of drug-likeness (QED) is 0.191. The van der Waals surface area contributed by atoms with Crippen LogP contribution in [0.25, 0.3) is 34.4 Å². The highest BCUT2D eigenvalue weighted by Crippen LogP contribution is 2.38. The molecule has 52 heavy (non-hydrogen) atoms. The van der Waals surface area contributed by atoms with Gasteiger partial charge in [0.2, 0.25) is 0 Å². The maximum Gasteiger partial charge on any atom is 0.315 e. The van der Waals surface area contributed by atoms with Gasteiger partial charge in [-0.2, -0.15) is 10.5 Å². The van der Waals surface area contributed by atoms with E-state index >= 15 is 0 Å². The summed E-state index contributed by atoms with van der Waals surface area (Å²) < 4.78 is 0. The zero-order chi connectivity index (χ0) is 36.6. The molecule has 2 saturated carbocycles. The number of benzene rings is 2. The van der Waals surface area contributed by atoms with Crippen molar-refractivity contribution < 1.29 is 4.79 Å². The third kappa shape index (κ3) is 8.49. The molecular weight excluding hydrogens is 641 g/mol. The molecule has 2 N–H and O–H groups in total. The second-order valence-electron chi connectivity index (χ2n) is 14.9. The van der Waals surface area contributed by atoms with Crippen LogP contribution in [0.2, 0.25) is 0 Å². The van der Waals surface area contributed by atoms with Gasteiger partial charge >= 0.3 is 6.03 Å². The molecule has 1 unspecified atom stereocenters. The molecule has 2 aliphatic rings. The van der Waals surface area contributed by atoms with Crippen molar-refractivity contribution in [1.82, 2.24) is 20.6 Å². The molecule has 7 nitrogen and oxygen atoms in total. The van der Waals surface area contributed by atoms with Gasteiger partial charge in [-0.1, -0.05) is 88.4 Å². The maximum atomic E-state index is 13.6. The Morgan fingerprint density at radius 3 is 1.83 bits per heavy atom. The second kappa shape index (κ2) is 16.7. The van der Waals surface area contributed by atoms with Gasteiger partial charge in [-0.3, -0.25) is 9.97 Å². The van der Waals surface area contributed by atoms with Crippen LogP contribution in [0.5, 0.6) is 0 Å². The minimum Gasteiger partial charge on any atom is -0.335 e. The van der Waals surface area contributed by atoms with Crippen LogP contribution in [0, 0.1) is 58.2 Å². The van der Waals surface area contributed by atoms with E-state index in [0.717, 1.165) is 59.3 Å². The van der Waals surface area contributed by atoms with Gasteiger partial charge in [-0.15, -0.1) is 0 Å². The van der Waals surface area contributed by atoms with Crippen molar-refractivity contribution in [3.05, 3.63) is 120 Å².